The van der Waals surface area contributed by atoms with Gasteiger partial charge in [-0.2, -0.15) is 0 Å². The summed E-state index contributed by atoms with van der Waals surface area (Å²) in [6.07, 6.45) is 9.05. The summed E-state index contributed by atoms with van der Waals surface area (Å²) >= 11 is 0. The number of fused-ring (bicyclic) bond motifs is 2. The molecule has 4 aliphatic rings. The standard InChI is InChI=1S/C25H36N2O6/c1-6-16(15-28)27-19-21(30)26(23(3,4)5)13-10-12-25(19)17(20(27)29)18-22(31)32-14-9-8-11-24(18,7-2)33-25/h8,10-12,16-19,28H,6-7,9,13-15H2,1-5H3/t16-,17-,18-,19?,24+,25-/m0/s1. The molecule has 8 nitrogen and oxygen atoms in total. The van der Waals surface area contributed by atoms with Crippen LogP contribution in [0.2, 0.25) is 0 Å². The number of hydrogen-bond acceptors (Lipinski definition) is 6. The highest BCUT2D eigenvalue weighted by atomic mass is 16.6. The fraction of sp³-hybridized carbons (Fsp3) is 0.720. The summed E-state index contributed by atoms with van der Waals surface area (Å²) in [7, 11) is 0. The van der Waals surface area contributed by atoms with E-state index in [4.69, 9.17) is 9.47 Å². The van der Waals surface area contributed by atoms with E-state index in [9.17, 15) is 19.5 Å². The number of aliphatic hydroxyl groups excluding tert-OH is 1. The number of aliphatic hydroxyl groups is 1. The van der Waals surface area contributed by atoms with Crippen molar-refractivity contribution in [1.82, 2.24) is 9.80 Å². The Kier molecular flexibility index (Phi) is 5.98. The van der Waals surface area contributed by atoms with Crippen LogP contribution in [0.4, 0.5) is 0 Å². The molecular formula is C25H36N2O6. The molecule has 1 spiro atoms. The van der Waals surface area contributed by atoms with Crippen LogP contribution in [0.3, 0.4) is 0 Å². The molecule has 0 bridgehead atoms. The van der Waals surface area contributed by atoms with Crippen LogP contribution in [0.1, 0.15) is 53.9 Å². The predicted molar refractivity (Wildman–Crippen MR) is 121 cm³/mol. The third-order valence-electron chi connectivity index (χ3n) is 7.73. The lowest BCUT2D eigenvalue weighted by Crippen LogP contribution is -2.61. The highest BCUT2D eigenvalue weighted by molar-refractivity contribution is 5.99. The molecule has 1 N–H and O–H groups in total. The lowest BCUT2D eigenvalue weighted by molar-refractivity contribution is -0.164. The molecule has 4 rings (SSSR count). The first kappa shape index (κ1) is 24.0. The number of likely N-dealkylation sites (tertiary alicyclic amines) is 1. The Hall–Kier alpha value is -2.19. The highest BCUT2D eigenvalue weighted by Gasteiger charge is 2.76. The van der Waals surface area contributed by atoms with Gasteiger partial charge in [-0.15, -0.1) is 0 Å². The average Bonchev–Trinajstić information content (AvgIpc) is 3.09. The third-order valence-corrected chi connectivity index (χ3v) is 7.73. The van der Waals surface area contributed by atoms with Crippen LogP contribution in [0.15, 0.2) is 24.3 Å². The zero-order chi connectivity index (χ0) is 24.2. The molecule has 8 heteroatoms. The SMILES string of the molecule is CC[C@@H](CO)N1C(=O)[C@@H]2[C@H]3C(=O)OCCC=C[C@@]3(CC)O[C@@]23C=CCN(C(C)(C)C)C(=O)C13. The van der Waals surface area contributed by atoms with E-state index in [1.807, 2.05) is 58.9 Å². The summed E-state index contributed by atoms with van der Waals surface area (Å²) < 4.78 is 12.3. The van der Waals surface area contributed by atoms with Crippen molar-refractivity contribution in [2.24, 2.45) is 11.8 Å². The summed E-state index contributed by atoms with van der Waals surface area (Å²) in [5, 5.41) is 10.1. The van der Waals surface area contributed by atoms with Gasteiger partial charge >= 0.3 is 5.97 Å². The van der Waals surface area contributed by atoms with E-state index in [1.54, 1.807) is 4.90 Å². The van der Waals surface area contributed by atoms with Gasteiger partial charge in [-0.25, -0.2) is 0 Å². The molecule has 0 aromatic carbocycles. The number of carbonyl (C=O) groups excluding carboxylic acids is 3. The van der Waals surface area contributed by atoms with Gasteiger partial charge in [0.2, 0.25) is 11.8 Å². The number of rotatable bonds is 4. The van der Waals surface area contributed by atoms with Gasteiger partial charge < -0.3 is 24.4 Å². The van der Waals surface area contributed by atoms with Gasteiger partial charge in [0, 0.05) is 12.1 Å². The van der Waals surface area contributed by atoms with Crippen LogP contribution < -0.4 is 0 Å². The van der Waals surface area contributed by atoms with Crippen molar-refractivity contribution in [3.05, 3.63) is 24.3 Å². The molecule has 4 heterocycles. The number of ether oxygens (including phenoxy) is 2. The minimum Gasteiger partial charge on any atom is -0.465 e. The van der Waals surface area contributed by atoms with Crippen LogP contribution in [0.25, 0.3) is 0 Å². The second-order valence-electron chi connectivity index (χ2n) is 10.5. The van der Waals surface area contributed by atoms with Gasteiger partial charge in [-0.05, 0) is 40.0 Å². The normalized spacial score (nSPS) is 37.2. The molecule has 0 aliphatic carbocycles. The van der Waals surface area contributed by atoms with Gasteiger partial charge in [0.15, 0.2) is 0 Å². The highest BCUT2D eigenvalue weighted by Crippen LogP contribution is 2.58. The molecule has 0 radical (unpaired) electrons. The van der Waals surface area contributed by atoms with E-state index in [-0.39, 0.29) is 25.0 Å². The van der Waals surface area contributed by atoms with Crippen molar-refractivity contribution < 1.29 is 29.0 Å². The fourth-order valence-corrected chi connectivity index (χ4v) is 6.08. The fourth-order valence-electron chi connectivity index (χ4n) is 6.08. The number of amides is 2. The molecular weight excluding hydrogens is 424 g/mol. The zero-order valence-corrected chi connectivity index (χ0v) is 20.2. The summed E-state index contributed by atoms with van der Waals surface area (Å²) in [5.74, 6) is -2.80. The molecule has 33 heavy (non-hydrogen) atoms. The van der Waals surface area contributed by atoms with Crippen LogP contribution in [-0.4, -0.2) is 81.3 Å². The van der Waals surface area contributed by atoms with E-state index in [2.05, 4.69) is 0 Å². The molecule has 6 atom stereocenters. The molecule has 4 aliphatic heterocycles. The second kappa shape index (κ2) is 8.24. The van der Waals surface area contributed by atoms with Gasteiger partial charge in [0.25, 0.3) is 0 Å². The largest absolute Gasteiger partial charge is 0.465 e. The summed E-state index contributed by atoms with van der Waals surface area (Å²) in [6, 6.07) is -1.52. The Morgan fingerprint density at radius 3 is 2.45 bits per heavy atom. The van der Waals surface area contributed by atoms with Gasteiger partial charge in [0.05, 0.1) is 25.2 Å². The van der Waals surface area contributed by atoms with Gasteiger partial charge in [0.1, 0.15) is 23.2 Å². The predicted octanol–water partition coefficient (Wildman–Crippen LogP) is 1.82. The van der Waals surface area contributed by atoms with Crippen LogP contribution >= 0.6 is 0 Å². The Bertz CT molecular complexity index is 888. The number of cyclic esters (lactones) is 1. The van der Waals surface area contributed by atoms with E-state index in [0.717, 1.165) is 0 Å². The summed E-state index contributed by atoms with van der Waals surface area (Å²) in [4.78, 5) is 44.7. The topological polar surface area (TPSA) is 96.4 Å². The molecule has 182 valence electrons. The van der Waals surface area contributed by atoms with Crippen molar-refractivity contribution in [3.63, 3.8) is 0 Å². The maximum absolute atomic E-state index is 14.1. The van der Waals surface area contributed by atoms with Gasteiger partial charge in [-0.3, -0.25) is 14.4 Å². The van der Waals surface area contributed by atoms with Crippen molar-refractivity contribution in [3.8, 4) is 0 Å². The minimum atomic E-state index is -1.31. The number of carbonyl (C=O) groups is 3. The molecule has 0 saturated carbocycles. The maximum atomic E-state index is 14.1. The molecule has 2 amide bonds. The van der Waals surface area contributed by atoms with Crippen LogP contribution in [0.5, 0.6) is 0 Å². The maximum Gasteiger partial charge on any atom is 0.313 e. The average molecular weight is 461 g/mol. The van der Waals surface area contributed by atoms with Crippen LogP contribution in [0, 0.1) is 11.8 Å². The molecule has 0 aromatic heterocycles. The summed E-state index contributed by atoms with van der Waals surface area (Å²) in [6.45, 7) is 10.0. The van der Waals surface area contributed by atoms with Crippen LogP contribution in [-0.2, 0) is 23.9 Å². The summed E-state index contributed by atoms with van der Waals surface area (Å²) in [5.41, 5.74) is -2.84. The first-order valence-electron chi connectivity index (χ1n) is 12.0. The minimum absolute atomic E-state index is 0.229. The van der Waals surface area contributed by atoms with Crippen molar-refractivity contribution >= 4 is 17.8 Å². The Balaban J connectivity index is 1.95. The second-order valence-corrected chi connectivity index (χ2v) is 10.5. The molecule has 2 saturated heterocycles. The first-order valence-corrected chi connectivity index (χ1v) is 12.0. The quantitative estimate of drug-likeness (QED) is 0.508. The van der Waals surface area contributed by atoms with Crippen molar-refractivity contribution in [2.75, 3.05) is 19.8 Å². The first-order chi connectivity index (χ1) is 15.6. The Morgan fingerprint density at radius 2 is 1.85 bits per heavy atom. The van der Waals surface area contributed by atoms with E-state index in [1.165, 1.54) is 4.90 Å². The van der Waals surface area contributed by atoms with E-state index >= 15 is 0 Å². The monoisotopic (exact) mass is 460 g/mol. The lowest BCUT2D eigenvalue weighted by Gasteiger charge is -2.43. The van der Waals surface area contributed by atoms with Gasteiger partial charge in [-0.1, -0.05) is 38.2 Å². The van der Waals surface area contributed by atoms with E-state index in [0.29, 0.717) is 25.8 Å². The number of hydrogen-bond donors (Lipinski definition) is 1. The number of nitrogens with zero attached hydrogens (tertiary/aromatic N) is 2. The Labute approximate surface area is 195 Å². The van der Waals surface area contributed by atoms with E-state index < -0.39 is 46.6 Å². The smallest absolute Gasteiger partial charge is 0.313 e. The zero-order valence-electron chi connectivity index (χ0n) is 20.2. The lowest BCUT2D eigenvalue weighted by atomic mass is 9.73. The Morgan fingerprint density at radius 1 is 1.12 bits per heavy atom. The number of esters is 1. The molecule has 0 aromatic rings. The third kappa shape index (κ3) is 3.36. The molecule has 2 fully saturated rings. The van der Waals surface area contributed by atoms with Crippen molar-refractivity contribution in [2.45, 2.75) is 82.7 Å². The molecule has 1 unspecified atom stereocenters. The van der Waals surface area contributed by atoms with Crippen molar-refractivity contribution in [1.29, 1.82) is 0 Å².